The molecule has 0 unspecified atom stereocenters. The molecule has 0 radical (unpaired) electrons. The molecule has 0 aromatic heterocycles. The molecule has 6 heteroatoms. The molecule has 15 heavy (non-hydrogen) atoms. The monoisotopic (exact) mass is 217 g/mol. The summed E-state index contributed by atoms with van der Waals surface area (Å²) in [6.45, 7) is 0.211. The van der Waals surface area contributed by atoms with Crippen LogP contribution in [0, 0.1) is 0 Å². The summed E-state index contributed by atoms with van der Waals surface area (Å²) < 4.78 is 4.67. The highest BCUT2D eigenvalue weighted by Crippen LogP contribution is 2.09. The Balaban J connectivity index is 2.24. The second-order valence-electron chi connectivity index (χ2n) is 3.52. The summed E-state index contributed by atoms with van der Waals surface area (Å²) in [6, 6.07) is 0. The van der Waals surface area contributed by atoms with Crippen LogP contribution >= 0.6 is 0 Å². The van der Waals surface area contributed by atoms with Gasteiger partial charge in [0.05, 0.1) is 6.10 Å². The van der Waals surface area contributed by atoms with Gasteiger partial charge < -0.3 is 19.8 Å². The summed E-state index contributed by atoms with van der Waals surface area (Å²) in [7, 11) is 0. The van der Waals surface area contributed by atoms with E-state index in [0.717, 1.165) is 6.42 Å². The van der Waals surface area contributed by atoms with E-state index >= 15 is 0 Å². The van der Waals surface area contributed by atoms with Crippen molar-refractivity contribution in [2.24, 2.45) is 0 Å². The minimum absolute atomic E-state index is 0.237. The minimum atomic E-state index is -1.10. The molecule has 0 spiro atoms. The van der Waals surface area contributed by atoms with Gasteiger partial charge >= 0.3 is 5.97 Å². The smallest absolute Gasteiger partial charge is 0.329 e. The third-order valence-corrected chi connectivity index (χ3v) is 2.20. The molecule has 1 atom stereocenters. The van der Waals surface area contributed by atoms with E-state index < -0.39 is 18.7 Å². The fourth-order valence-electron chi connectivity index (χ4n) is 1.50. The van der Waals surface area contributed by atoms with Gasteiger partial charge in [-0.25, -0.2) is 4.79 Å². The maximum atomic E-state index is 11.4. The number of aliphatic hydroxyl groups is 1. The van der Waals surface area contributed by atoms with Crippen molar-refractivity contribution >= 4 is 11.9 Å². The quantitative estimate of drug-likeness (QED) is 0.635. The van der Waals surface area contributed by atoms with E-state index in [4.69, 9.17) is 5.11 Å². The molecule has 1 fully saturated rings. The van der Waals surface area contributed by atoms with Crippen LogP contribution in [-0.2, 0) is 14.3 Å². The second-order valence-corrected chi connectivity index (χ2v) is 3.52. The molecule has 0 aromatic carbocycles. The number of rotatable bonds is 4. The lowest BCUT2D eigenvalue weighted by Gasteiger charge is -2.29. The Kier molecular flexibility index (Phi) is 4.51. The fraction of sp³-hybridized carbons (Fsp3) is 0.778. The number of ether oxygens (including phenoxy) is 1. The molecule has 1 saturated heterocycles. The predicted octanol–water partition coefficient (Wildman–Crippen LogP) is -0.929. The number of carboxylic acid groups (broad SMARTS) is 1. The molecule has 0 saturated carbocycles. The van der Waals surface area contributed by atoms with E-state index in [1.165, 1.54) is 4.90 Å². The second kappa shape index (κ2) is 5.67. The largest absolute Gasteiger partial charge is 0.480 e. The molecule has 86 valence electrons. The molecule has 0 aromatic rings. The maximum Gasteiger partial charge on any atom is 0.329 e. The van der Waals surface area contributed by atoms with Gasteiger partial charge in [-0.1, -0.05) is 0 Å². The van der Waals surface area contributed by atoms with E-state index in [-0.39, 0.29) is 12.5 Å². The van der Waals surface area contributed by atoms with E-state index in [0.29, 0.717) is 19.5 Å². The van der Waals surface area contributed by atoms with Crippen molar-refractivity contribution in [3.05, 3.63) is 0 Å². The highest BCUT2D eigenvalue weighted by Gasteiger charge is 2.21. The molecular formula is C9H15NO5. The third kappa shape index (κ3) is 4.26. The summed E-state index contributed by atoms with van der Waals surface area (Å²) in [6.07, 6.45) is 1.01. The van der Waals surface area contributed by atoms with Gasteiger partial charge in [-0.2, -0.15) is 0 Å². The molecule has 0 aliphatic carbocycles. The topological polar surface area (TPSA) is 87.1 Å². The maximum absolute atomic E-state index is 11.4. The van der Waals surface area contributed by atoms with Crippen molar-refractivity contribution in [3.63, 3.8) is 0 Å². The fourth-order valence-corrected chi connectivity index (χ4v) is 1.50. The van der Waals surface area contributed by atoms with Crippen molar-refractivity contribution in [1.82, 2.24) is 4.90 Å². The molecule has 1 rings (SSSR count). The predicted molar refractivity (Wildman–Crippen MR) is 50.3 cm³/mol. The Labute approximate surface area is 87.4 Å². The minimum Gasteiger partial charge on any atom is -0.480 e. The van der Waals surface area contributed by atoms with Gasteiger partial charge in [0.2, 0.25) is 5.91 Å². The van der Waals surface area contributed by atoms with Crippen LogP contribution in [-0.4, -0.2) is 59.4 Å². The van der Waals surface area contributed by atoms with Crippen LogP contribution in [0.1, 0.15) is 12.8 Å². The number of hydrogen-bond donors (Lipinski definition) is 2. The van der Waals surface area contributed by atoms with Crippen molar-refractivity contribution in [2.75, 3.05) is 26.3 Å². The van der Waals surface area contributed by atoms with Crippen LogP contribution in [0.3, 0.4) is 0 Å². The lowest BCUT2D eigenvalue weighted by molar-refractivity contribution is -0.147. The van der Waals surface area contributed by atoms with E-state index in [1.807, 2.05) is 0 Å². The van der Waals surface area contributed by atoms with E-state index in [9.17, 15) is 14.7 Å². The normalized spacial score (nSPS) is 21.4. The highest BCUT2D eigenvalue weighted by atomic mass is 16.5. The number of carboxylic acids is 1. The summed E-state index contributed by atoms with van der Waals surface area (Å²) in [5.74, 6) is -1.36. The molecule has 1 heterocycles. The Bertz CT molecular complexity index is 243. The van der Waals surface area contributed by atoms with Gasteiger partial charge in [0.25, 0.3) is 0 Å². The number of nitrogens with zero attached hydrogens (tertiary/aromatic N) is 1. The zero-order valence-electron chi connectivity index (χ0n) is 8.39. The Morgan fingerprint density at radius 2 is 2.13 bits per heavy atom. The molecular weight excluding hydrogens is 202 g/mol. The van der Waals surface area contributed by atoms with Crippen LogP contribution in [0.5, 0.6) is 0 Å². The Morgan fingerprint density at radius 3 is 2.73 bits per heavy atom. The number of carbonyl (C=O) groups excluding carboxylic acids is 1. The first kappa shape index (κ1) is 11.9. The van der Waals surface area contributed by atoms with E-state index in [1.54, 1.807) is 0 Å². The molecule has 2 N–H and O–H groups in total. The van der Waals surface area contributed by atoms with Crippen molar-refractivity contribution < 1.29 is 24.5 Å². The summed E-state index contributed by atoms with van der Waals surface area (Å²) >= 11 is 0. The molecule has 0 bridgehead atoms. The molecule has 6 nitrogen and oxygen atoms in total. The van der Waals surface area contributed by atoms with Crippen LogP contribution < -0.4 is 0 Å². The van der Waals surface area contributed by atoms with Crippen LogP contribution in [0.15, 0.2) is 0 Å². The first-order valence-electron chi connectivity index (χ1n) is 4.85. The first-order valence-corrected chi connectivity index (χ1v) is 4.85. The summed E-state index contributed by atoms with van der Waals surface area (Å²) in [5.41, 5.74) is 0. The molecule has 1 aliphatic heterocycles. The zero-order valence-corrected chi connectivity index (χ0v) is 8.39. The Morgan fingerprint density at radius 1 is 1.40 bits per heavy atom. The zero-order chi connectivity index (χ0) is 11.3. The average Bonchev–Trinajstić information content (AvgIpc) is 2.17. The SMILES string of the molecule is O=C(O)COCC(=O)N1CCC[C@H](O)C1. The van der Waals surface area contributed by atoms with Crippen LogP contribution in [0.4, 0.5) is 0 Å². The third-order valence-electron chi connectivity index (χ3n) is 2.20. The number of likely N-dealkylation sites (tertiary alicyclic amines) is 1. The van der Waals surface area contributed by atoms with Gasteiger partial charge in [-0.3, -0.25) is 4.79 Å². The van der Waals surface area contributed by atoms with Gasteiger partial charge in [-0.15, -0.1) is 0 Å². The number of carbonyl (C=O) groups is 2. The van der Waals surface area contributed by atoms with Crippen LogP contribution in [0.25, 0.3) is 0 Å². The average molecular weight is 217 g/mol. The standard InChI is InChI=1S/C9H15NO5/c11-7-2-1-3-10(4-7)8(12)5-15-6-9(13)14/h7,11H,1-6H2,(H,13,14)/t7-/m0/s1. The highest BCUT2D eigenvalue weighted by molar-refractivity contribution is 5.78. The van der Waals surface area contributed by atoms with Crippen molar-refractivity contribution in [3.8, 4) is 0 Å². The molecule has 1 amide bonds. The van der Waals surface area contributed by atoms with Crippen molar-refractivity contribution in [2.45, 2.75) is 18.9 Å². The number of piperidine rings is 1. The number of β-amino-alcohol motifs (C(OH)–C–C–N with tert-alkyl or cyclic N) is 1. The first-order chi connectivity index (χ1) is 7.09. The van der Waals surface area contributed by atoms with Gasteiger partial charge in [0.1, 0.15) is 13.2 Å². The molecule has 1 aliphatic rings. The number of aliphatic carboxylic acids is 1. The number of aliphatic hydroxyl groups excluding tert-OH is 1. The van der Waals surface area contributed by atoms with Gasteiger partial charge in [0.15, 0.2) is 0 Å². The van der Waals surface area contributed by atoms with Crippen molar-refractivity contribution in [1.29, 1.82) is 0 Å². The lowest BCUT2D eigenvalue weighted by atomic mass is 10.1. The lowest BCUT2D eigenvalue weighted by Crippen LogP contribution is -2.43. The Hall–Kier alpha value is -1.14. The number of amides is 1. The van der Waals surface area contributed by atoms with E-state index in [2.05, 4.69) is 4.74 Å². The van der Waals surface area contributed by atoms with Crippen LogP contribution in [0.2, 0.25) is 0 Å². The summed E-state index contributed by atoms with van der Waals surface area (Å²) in [4.78, 5) is 23.0. The number of hydrogen-bond acceptors (Lipinski definition) is 4. The van der Waals surface area contributed by atoms with Gasteiger partial charge in [0, 0.05) is 13.1 Å². The van der Waals surface area contributed by atoms with Gasteiger partial charge in [-0.05, 0) is 12.8 Å². The summed E-state index contributed by atoms with van der Waals surface area (Å²) in [5, 5.41) is 17.6.